The number of nitrogens with zero attached hydrogens (tertiary/aromatic N) is 12. The minimum atomic E-state index is -1.19. The van der Waals surface area contributed by atoms with Gasteiger partial charge in [-0.15, -0.1) is 10.2 Å². The third-order valence-electron chi connectivity index (χ3n) is 15.5. The number of hydrogen-bond donors (Lipinski definition) is 2. The predicted octanol–water partition coefficient (Wildman–Crippen LogP) is 10.4. The van der Waals surface area contributed by atoms with Crippen molar-refractivity contribution in [1.29, 1.82) is 0 Å². The molecule has 2 saturated heterocycles. The summed E-state index contributed by atoms with van der Waals surface area (Å²) in [6.45, 7) is 12.4. The maximum Gasteiger partial charge on any atom is 0.156 e. The number of aliphatic hydroxyl groups is 2. The fraction of sp³-hybridized carbons (Fsp3) is 0.379. The van der Waals surface area contributed by atoms with Crippen LogP contribution in [-0.2, 0) is 34.8 Å². The van der Waals surface area contributed by atoms with Crippen molar-refractivity contribution in [1.82, 2.24) is 59.1 Å². The third kappa shape index (κ3) is 9.16. The number of benzene rings is 2. The van der Waals surface area contributed by atoms with Gasteiger partial charge in [0, 0.05) is 98.3 Å². The molecule has 2 fully saturated rings. The fourth-order valence-electron chi connectivity index (χ4n) is 11.6. The van der Waals surface area contributed by atoms with Crippen LogP contribution in [0.2, 0.25) is 0 Å². The van der Waals surface area contributed by atoms with Gasteiger partial charge in [-0.3, -0.25) is 19.9 Å². The van der Waals surface area contributed by atoms with Crippen molar-refractivity contribution < 1.29 is 37.2 Å². The second kappa shape index (κ2) is 20.4. The molecule has 0 amide bonds. The van der Waals surface area contributed by atoms with Crippen LogP contribution in [0.4, 0.5) is 17.6 Å². The van der Waals surface area contributed by atoms with Gasteiger partial charge in [0.25, 0.3) is 0 Å². The summed E-state index contributed by atoms with van der Waals surface area (Å²) < 4.78 is 82.7. The second-order valence-electron chi connectivity index (χ2n) is 21.5. The molecule has 10 aromatic rings. The Balaban J connectivity index is 0.000000165. The molecule has 2 aliphatic heterocycles. The average Bonchev–Trinajstić information content (AvgIpc) is 4.35. The lowest BCUT2D eigenvalue weighted by Crippen LogP contribution is -2.28. The van der Waals surface area contributed by atoms with Gasteiger partial charge in [-0.25, -0.2) is 26.9 Å². The Kier molecular flexibility index (Phi) is 13.7. The summed E-state index contributed by atoms with van der Waals surface area (Å²) in [7, 11) is 3.44. The molecule has 404 valence electrons. The van der Waals surface area contributed by atoms with Gasteiger partial charge in [-0.05, 0) is 140 Å². The standard InChI is InChI=1S/2C29H30F2N6O2/c2*1-16-26(36(4)35-34-16)19-7-8-20-24-22(14-18(15-33-24)29(2,3)38)37(28(20)23(19)31)27(17-9-12-39-13-10-17)25-21(30)6-5-11-32-25/h2*5-8,11,14-15,17,27,38H,9-10,12-13H2,1-4H3. The van der Waals surface area contributed by atoms with Crippen LogP contribution in [0.25, 0.3) is 66.4 Å². The number of aromatic nitrogens is 12. The normalized spacial score (nSPS) is 15.9. The van der Waals surface area contributed by atoms with Gasteiger partial charge in [0.15, 0.2) is 11.6 Å². The first kappa shape index (κ1) is 52.5. The van der Waals surface area contributed by atoms with Gasteiger partial charge in [0.1, 0.15) is 11.6 Å². The Hall–Kier alpha value is -7.52. The number of fused-ring (bicyclic) bond motifs is 6. The molecule has 0 aliphatic carbocycles. The van der Waals surface area contributed by atoms with Crippen molar-refractivity contribution in [3.05, 3.63) is 143 Å². The van der Waals surface area contributed by atoms with Gasteiger partial charge < -0.3 is 28.8 Å². The molecule has 2 N–H and O–H groups in total. The number of rotatable bonds is 10. The number of pyridine rings is 4. The van der Waals surface area contributed by atoms with E-state index in [0.29, 0.717) is 141 Å². The molecule has 2 aromatic carbocycles. The first-order valence-corrected chi connectivity index (χ1v) is 26.1. The van der Waals surface area contributed by atoms with Crippen molar-refractivity contribution in [3.63, 3.8) is 0 Å². The Morgan fingerprint density at radius 1 is 0.564 bits per heavy atom. The minimum Gasteiger partial charge on any atom is -0.386 e. The van der Waals surface area contributed by atoms with Crippen LogP contribution in [0.3, 0.4) is 0 Å². The molecule has 0 bridgehead atoms. The van der Waals surface area contributed by atoms with Crippen LogP contribution >= 0.6 is 0 Å². The highest BCUT2D eigenvalue weighted by Gasteiger charge is 2.37. The van der Waals surface area contributed by atoms with E-state index in [1.54, 1.807) is 114 Å². The molecule has 2 aliphatic rings. The van der Waals surface area contributed by atoms with Crippen molar-refractivity contribution in [2.45, 2.75) is 90.5 Å². The molecule has 20 heteroatoms. The Labute approximate surface area is 446 Å². The zero-order chi connectivity index (χ0) is 54.9. The molecule has 0 saturated carbocycles. The number of aryl methyl sites for hydroxylation is 4. The summed E-state index contributed by atoms with van der Waals surface area (Å²) in [5.41, 5.74) is 5.14. The quantitative estimate of drug-likeness (QED) is 0.124. The van der Waals surface area contributed by atoms with Crippen LogP contribution < -0.4 is 0 Å². The molecule has 16 nitrogen and oxygen atoms in total. The zero-order valence-corrected chi connectivity index (χ0v) is 44.6. The molecule has 0 radical (unpaired) electrons. The van der Waals surface area contributed by atoms with E-state index in [4.69, 9.17) is 19.4 Å². The lowest BCUT2D eigenvalue weighted by molar-refractivity contribution is 0.0541. The fourth-order valence-corrected chi connectivity index (χ4v) is 11.6. The highest BCUT2D eigenvalue weighted by atomic mass is 19.1. The van der Waals surface area contributed by atoms with E-state index in [0.717, 1.165) is 0 Å². The summed E-state index contributed by atoms with van der Waals surface area (Å²) in [4.78, 5) is 18.3. The summed E-state index contributed by atoms with van der Waals surface area (Å²) in [6.07, 6.45) is 8.98. The van der Waals surface area contributed by atoms with Crippen molar-refractivity contribution in [3.8, 4) is 22.5 Å². The second-order valence-corrected chi connectivity index (χ2v) is 21.5. The first-order valence-electron chi connectivity index (χ1n) is 26.1. The van der Waals surface area contributed by atoms with E-state index < -0.39 is 46.6 Å². The van der Waals surface area contributed by atoms with E-state index in [1.165, 1.54) is 12.1 Å². The molecule has 0 spiro atoms. The van der Waals surface area contributed by atoms with Crippen molar-refractivity contribution in [2.75, 3.05) is 26.4 Å². The summed E-state index contributed by atoms with van der Waals surface area (Å²) in [5.74, 6) is -2.01. The largest absolute Gasteiger partial charge is 0.386 e. The average molecular weight is 1070 g/mol. The van der Waals surface area contributed by atoms with E-state index in [1.807, 2.05) is 33.4 Å². The molecular formula is C58H60F4N12O4. The van der Waals surface area contributed by atoms with E-state index in [2.05, 4.69) is 30.6 Å². The monoisotopic (exact) mass is 1060 g/mol. The molecule has 10 heterocycles. The summed E-state index contributed by atoms with van der Waals surface area (Å²) in [6, 6.07) is 15.4. The molecule has 8 aromatic heterocycles. The van der Waals surface area contributed by atoms with Crippen molar-refractivity contribution in [2.24, 2.45) is 25.9 Å². The molecule has 12 rings (SSSR count). The molecule has 78 heavy (non-hydrogen) atoms. The maximum absolute atomic E-state index is 16.9. The first-order chi connectivity index (χ1) is 37.3. The van der Waals surface area contributed by atoms with Crippen LogP contribution in [0.1, 0.15) is 99.4 Å². The molecular weight excluding hydrogens is 1000 g/mol. The Bertz CT molecular complexity index is 3610. The summed E-state index contributed by atoms with van der Waals surface area (Å²) >= 11 is 0. The number of ether oxygens (including phenoxy) is 2. The van der Waals surface area contributed by atoms with Gasteiger partial charge >= 0.3 is 0 Å². The zero-order valence-electron chi connectivity index (χ0n) is 44.6. The SMILES string of the molecule is Cc1nnn(C)c1-c1ccc2c3ncc(C(C)(C)O)cc3n(C(c3ncccc3F)C3CCOCC3)c2c1F.Cc1nnn(C)c1-c1ccc2c3ncc(C(C)(C)O)cc3n(C(c3ncccc3F)C3CCOCC3)c2c1F. The van der Waals surface area contributed by atoms with Crippen molar-refractivity contribution >= 4 is 43.9 Å². The van der Waals surface area contributed by atoms with Crippen LogP contribution in [0.15, 0.2) is 85.5 Å². The van der Waals surface area contributed by atoms with Gasteiger partial charge in [0.2, 0.25) is 0 Å². The molecule has 2 unspecified atom stereocenters. The number of hydrogen-bond acceptors (Lipinski definition) is 12. The Morgan fingerprint density at radius 2 is 0.949 bits per heavy atom. The highest BCUT2D eigenvalue weighted by Crippen LogP contribution is 2.46. The van der Waals surface area contributed by atoms with Crippen LogP contribution in [0.5, 0.6) is 0 Å². The van der Waals surface area contributed by atoms with E-state index in [-0.39, 0.29) is 23.2 Å². The van der Waals surface area contributed by atoms with Gasteiger partial charge in [-0.2, -0.15) is 0 Å². The lowest BCUT2D eigenvalue weighted by Gasteiger charge is -2.32. The lowest BCUT2D eigenvalue weighted by atomic mass is 9.88. The molecule has 2 atom stereocenters. The van der Waals surface area contributed by atoms with Gasteiger partial charge in [0.05, 0.1) is 90.5 Å². The van der Waals surface area contributed by atoms with E-state index >= 15 is 17.6 Å². The topological polar surface area (TPSA) is 182 Å². The summed E-state index contributed by atoms with van der Waals surface area (Å²) in [5, 5.41) is 39.2. The number of halogens is 4. The third-order valence-corrected chi connectivity index (χ3v) is 15.5. The van der Waals surface area contributed by atoms with E-state index in [9.17, 15) is 10.2 Å². The Morgan fingerprint density at radius 3 is 1.28 bits per heavy atom. The van der Waals surface area contributed by atoms with Crippen LogP contribution in [0, 0.1) is 49.0 Å². The maximum atomic E-state index is 16.9. The smallest absolute Gasteiger partial charge is 0.156 e. The van der Waals surface area contributed by atoms with Crippen LogP contribution in [-0.4, -0.2) is 95.7 Å². The minimum absolute atomic E-state index is 0.0732. The van der Waals surface area contributed by atoms with Gasteiger partial charge in [-0.1, -0.05) is 10.4 Å². The predicted molar refractivity (Wildman–Crippen MR) is 286 cm³/mol. The highest BCUT2D eigenvalue weighted by molar-refractivity contribution is 6.08.